The van der Waals surface area contributed by atoms with E-state index < -0.39 is 0 Å². The molecule has 0 saturated carbocycles. The number of aliphatic hydroxyl groups is 1. The third-order valence-corrected chi connectivity index (χ3v) is 3.15. The van der Waals surface area contributed by atoms with Gasteiger partial charge in [0.25, 0.3) is 0 Å². The summed E-state index contributed by atoms with van der Waals surface area (Å²) >= 11 is 0. The van der Waals surface area contributed by atoms with Crippen molar-refractivity contribution in [2.45, 2.75) is 45.5 Å². The van der Waals surface area contributed by atoms with E-state index in [4.69, 9.17) is 14.4 Å². The van der Waals surface area contributed by atoms with Gasteiger partial charge in [0.15, 0.2) is 5.82 Å². The molecular formula is C10H16N2O3. The van der Waals surface area contributed by atoms with E-state index in [9.17, 15) is 0 Å². The Bertz CT molecular complexity index is 339. The van der Waals surface area contributed by atoms with Crippen LogP contribution in [0.1, 0.15) is 38.4 Å². The molecule has 5 nitrogen and oxygen atoms in total. The molecule has 1 aromatic heterocycles. The summed E-state index contributed by atoms with van der Waals surface area (Å²) in [7, 11) is 0. The van der Waals surface area contributed by atoms with Gasteiger partial charge in [-0.15, -0.1) is 0 Å². The van der Waals surface area contributed by atoms with E-state index in [1.165, 1.54) is 0 Å². The summed E-state index contributed by atoms with van der Waals surface area (Å²) in [5, 5.41) is 12.5. The second-order valence-electron chi connectivity index (χ2n) is 4.14. The maximum Gasteiger partial charge on any atom is 0.232 e. The molecule has 1 fully saturated rings. The number of ether oxygens (including phenoxy) is 1. The molecule has 2 rings (SSSR count). The van der Waals surface area contributed by atoms with E-state index in [-0.39, 0.29) is 24.7 Å². The smallest absolute Gasteiger partial charge is 0.232 e. The number of aliphatic hydroxyl groups excluding tert-OH is 1. The predicted molar refractivity (Wildman–Crippen MR) is 52.1 cm³/mol. The Morgan fingerprint density at radius 1 is 1.27 bits per heavy atom. The zero-order valence-electron chi connectivity index (χ0n) is 9.17. The van der Waals surface area contributed by atoms with Gasteiger partial charge in [-0.1, -0.05) is 12.1 Å². The average Bonchev–Trinajstić information content (AvgIpc) is 2.74. The first kappa shape index (κ1) is 10.6. The first-order chi connectivity index (χ1) is 7.13. The van der Waals surface area contributed by atoms with Crippen LogP contribution in [0.15, 0.2) is 4.52 Å². The summed E-state index contributed by atoms with van der Waals surface area (Å²) in [4.78, 5) is 4.14. The lowest BCUT2D eigenvalue weighted by molar-refractivity contribution is 0.0542. The fourth-order valence-electron chi connectivity index (χ4n) is 2.16. The Morgan fingerprint density at radius 2 is 2.00 bits per heavy atom. The minimum atomic E-state index is -0.185. The minimum absolute atomic E-state index is 0.0852. The molecule has 0 aliphatic carbocycles. The largest absolute Gasteiger partial charge is 0.388 e. The Kier molecular flexibility index (Phi) is 2.75. The summed E-state index contributed by atoms with van der Waals surface area (Å²) < 4.78 is 10.8. The normalized spacial score (nSPS) is 36.0. The van der Waals surface area contributed by atoms with Crippen LogP contribution < -0.4 is 0 Å². The quantitative estimate of drug-likeness (QED) is 0.794. The zero-order chi connectivity index (χ0) is 11.0. The topological polar surface area (TPSA) is 68.4 Å². The van der Waals surface area contributed by atoms with Gasteiger partial charge in [0.05, 0.1) is 18.1 Å². The Morgan fingerprint density at radius 3 is 2.47 bits per heavy atom. The van der Waals surface area contributed by atoms with Crippen LogP contribution in [0.5, 0.6) is 0 Å². The number of rotatable bonds is 2. The summed E-state index contributed by atoms with van der Waals surface area (Å²) in [6.07, 6.45) is 0.288. The SMILES string of the molecule is CC1OC(C)C(c2nc(CO)no2)C1C. The summed E-state index contributed by atoms with van der Waals surface area (Å²) in [5.41, 5.74) is 0. The number of hydrogen-bond acceptors (Lipinski definition) is 5. The monoisotopic (exact) mass is 212 g/mol. The number of nitrogens with zero attached hydrogens (tertiary/aromatic N) is 2. The van der Waals surface area contributed by atoms with E-state index in [0.717, 1.165) is 0 Å². The van der Waals surface area contributed by atoms with Crippen LogP contribution in [0.4, 0.5) is 0 Å². The van der Waals surface area contributed by atoms with Crippen molar-refractivity contribution in [2.24, 2.45) is 5.92 Å². The number of hydrogen-bond donors (Lipinski definition) is 1. The van der Waals surface area contributed by atoms with Gasteiger partial charge in [-0.3, -0.25) is 0 Å². The van der Waals surface area contributed by atoms with Crippen molar-refractivity contribution in [2.75, 3.05) is 0 Å². The molecule has 84 valence electrons. The molecule has 1 aliphatic rings. The fourth-order valence-corrected chi connectivity index (χ4v) is 2.16. The average molecular weight is 212 g/mol. The van der Waals surface area contributed by atoms with Crippen LogP contribution in [0, 0.1) is 5.92 Å². The lowest BCUT2D eigenvalue weighted by Crippen LogP contribution is -2.15. The van der Waals surface area contributed by atoms with Crippen molar-refractivity contribution >= 4 is 0 Å². The molecule has 4 atom stereocenters. The second kappa shape index (κ2) is 3.90. The maximum absolute atomic E-state index is 8.86. The van der Waals surface area contributed by atoms with Gasteiger partial charge < -0.3 is 14.4 Å². The number of aromatic nitrogens is 2. The van der Waals surface area contributed by atoms with Crippen molar-refractivity contribution in [1.82, 2.24) is 10.1 Å². The molecule has 1 saturated heterocycles. The van der Waals surface area contributed by atoms with Crippen molar-refractivity contribution < 1.29 is 14.4 Å². The van der Waals surface area contributed by atoms with Gasteiger partial charge in [0, 0.05) is 0 Å². The zero-order valence-corrected chi connectivity index (χ0v) is 9.17. The van der Waals surface area contributed by atoms with E-state index in [2.05, 4.69) is 17.1 Å². The van der Waals surface area contributed by atoms with Gasteiger partial charge in [-0.25, -0.2) is 0 Å². The molecule has 1 aromatic rings. The Labute approximate surface area is 88.4 Å². The molecule has 1 aliphatic heterocycles. The molecule has 4 unspecified atom stereocenters. The summed E-state index contributed by atoms with van der Waals surface area (Å²) in [6, 6.07) is 0. The van der Waals surface area contributed by atoms with Crippen LogP contribution in [-0.2, 0) is 11.3 Å². The standard InChI is InChI=1S/C10H16N2O3/c1-5-6(2)14-7(3)9(5)10-11-8(4-13)12-15-10/h5-7,9,13H,4H2,1-3H3. The minimum Gasteiger partial charge on any atom is -0.388 e. The molecule has 1 N–H and O–H groups in total. The third-order valence-electron chi connectivity index (χ3n) is 3.15. The molecule has 0 amide bonds. The van der Waals surface area contributed by atoms with Gasteiger partial charge in [0.2, 0.25) is 5.89 Å². The summed E-state index contributed by atoms with van der Waals surface area (Å²) in [5.74, 6) is 1.40. The Balaban J connectivity index is 2.22. The predicted octanol–water partition coefficient (Wildman–Crippen LogP) is 1.09. The van der Waals surface area contributed by atoms with Crippen molar-refractivity contribution in [1.29, 1.82) is 0 Å². The molecule has 15 heavy (non-hydrogen) atoms. The van der Waals surface area contributed by atoms with Crippen LogP contribution in [0.2, 0.25) is 0 Å². The van der Waals surface area contributed by atoms with Crippen LogP contribution in [0.3, 0.4) is 0 Å². The van der Waals surface area contributed by atoms with Crippen LogP contribution in [-0.4, -0.2) is 27.5 Å². The van der Waals surface area contributed by atoms with Crippen LogP contribution >= 0.6 is 0 Å². The van der Waals surface area contributed by atoms with Gasteiger partial charge in [-0.05, 0) is 19.8 Å². The van der Waals surface area contributed by atoms with E-state index in [1.807, 2.05) is 13.8 Å². The molecule has 5 heteroatoms. The van der Waals surface area contributed by atoms with Gasteiger partial charge in [-0.2, -0.15) is 4.98 Å². The highest BCUT2D eigenvalue weighted by atomic mass is 16.5. The van der Waals surface area contributed by atoms with E-state index in [1.54, 1.807) is 0 Å². The molecule has 0 spiro atoms. The second-order valence-corrected chi connectivity index (χ2v) is 4.14. The van der Waals surface area contributed by atoms with Crippen molar-refractivity contribution in [3.63, 3.8) is 0 Å². The summed E-state index contributed by atoms with van der Waals surface area (Å²) in [6.45, 7) is 5.98. The highest BCUT2D eigenvalue weighted by Gasteiger charge is 2.41. The van der Waals surface area contributed by atoms with Crippen LogP contribution in [0.25, 0.3) is 0 Å². The highest BCUT2D eigenvalue weighted by Crippen LogP contribution is 2.38. The Hall–Kier alpha value is -0.940. The van der Waals surface area contributed by atoms with Gasteiger partial charge in [0.1, 0.15) is 6.61 Å². The van der Waals surface area contributed by atoms with E-state index in [0.29, 0.717) is 17.6 Å². The third kappa shape index (κ3) is 1.77. The first-order valence-corrected chi connectivity index (χ1v) is 5.22. The molecule has 0 aromatic carbocycles. The van der Waals surface area contributed by atoms with E-state index >= 15 is 0 Å². The van der Waals surface area contributed by atoms with Crippen molar-refractivity contribution in [3.8, 4) is 0 Å². The molecular weight excluding hydrogens is 196 g/mol. The van der Waals surface area contributed by atoms with Gasteiger partial charge >= 0.3 is 0 Å². The highest BCUT2D eigenvalue weighted by molar-refractivity contribution is 5.03. The maximum atomic E-state index is 8.86. The lowest BCUT2D eigenvalue weighted by atomic mass is 9.89. The van der Waals surface area contributed by atoms with Crippen molar-refractivity contribution in [3.05, 3.63) is 11.7 Å². The molecule has 2 heterocycles. The molecule has 0 bridgehead atoms. The lowest BCUT2D eigenvalue weighted by Gasteiger charge is -2.12. The molecule has 0 radical (unpaired) electrons. The fraction of sp³-hybridized carbons (Fsp3) is 0.800. The first-order valence-electron chi connectivity index (χ1n) is 5.22.